The molecule has 1 rings (SSSR count). The molecule has 19 heavy (non-hydrogen) atoms. The van der Waals surface area contributed by atoms with Gasteiger partial charge in [-0.3, -0.25) is 10.1 Å². The number of hydrogen-bond donors (Lipinski definition) is 2. The van der Waals surface area contributed by atoms with Crippen molar-refractivity contribution in [1.82, 2.24) is 5.32 Å². The second-order valence-corrected chi connectivity index (χ2v) is 3.78. The summed E-state index contributed by atoms with van der Waals surface area (Å²) < 4.78 is 35.6. The summed E-state index contributed by atoms with van der Waals surface area (Å²) in [5.41, 5.74) is -0.774. The second-order valence-electron chi connectivity index (χ2n) is 3.34. The number of nitrogens with zero attached hydrogens (tertiary/aromatic N) is 1. The van der Waals surface area contributed by atoms with Crippen molar-refractivity contribution < 1.29 is 22.9 Å². The van der Waals surface area contributed by atoms with Crippen LogP contribution in [-0.2, 0) is 0 Å². The molecular weight excluding hydrogens is 291 g/mol. The average Bonchev–Trinajstić information content (AvgIpc) is 2.25. The molecule has 0 aromatic heterocycles. The van der Waals surface area contributed by atoms with Crippen molar-refractivity contribution in [3.05, 3.63) is 33.3 Å². The van der Waals surface area contributed by atoms with Crippen molar-refractivity contribution in [3.63, 3.8) is 0 Å². The highest BCUT2D eigenvalue weighted by molar-refractivity contribution is 6.31. The molecule has 2 amide bonds. The zero-order chi connectivity index (χ0) is 14.6. The first-order chi connectivity index (χ1) is 8.69. The minimum Gasteiger partial charge on any atom is -0.329 e. The highest BCUT2D eigenvalue weighted by atomic mass is 35.5. The Morgan fingerprint density at radius 3 is 2.58 bits per heavy atom. The number of nitro benzene ring substituents is 1. The van der Waals surface area contributed by atoms with Gasteiger partial charge in [-0.15, -0.1) is 0 Å². The third-order valence-corrected chi connectivity index (χ3v) is 2.09. The van der Waals surface area contributed by atoms with Crippen LogP contribution in [0.3, 0.4) is 0 Å². The van der Waals surface area contributed by atoms with Crippen molar-refractivity contribution in [1.29, 1.82) is 0 Å². The number of nitro groups is 1. The summed E-state index contributed by atoms with van der Waals surface area (Å²) in [6, 6.07) is 2.09. The number of carbonyl (C=O) groups is 1. The molecule has 0 fully saturated rings. The number of rotatable bonds is 3. The molecule has 6 nitrogen and oxygen atoms in total. The number of alkyl halides is 3. The predicted molar refractivity (Wildman–Crippen MR) is 61.2 cm³/mol. The Morgan fingerprint density at radius 2 is 2.05 bits per heavy atom. The van der Waals surface area contributed by atoms with Crippen LogP contribution in [0.25, 0.3) is 0 Å². The van der Waals surface area contributed by atoms with Gasteiger partial charge in [0.25, 0.3) is 5.69 Å². The maximum atomic E-state index is 11.9. The zero-order valence-corrected chi connectivity index (χ0v) is 9.88. The summed E-state index contributed by atoms with van der Waals surface area (Å²) in [4.78, 5) is 21.0. The van der Waals surface area contributed by atoms with Crippen LogP contribution in [0.15, 0.2) is 18.2 Å². The van der Waals surface area contributed by atoms with Gasteiger partial charge in [-0.05, 0) is 12.1 Å². The Hall–Kier alpha value is -2.03. The van der Waals surface area contributed by atoms with Crippen LogP contribution >= 0.6 is 11.6 Å². The number of amides is 2. The first-order valence-electron chi connectivity index (χ1n) is 4.74. The first kappa shape index (κ1) is 15.0. The summed E-state index contributed by atoms with van der Waals surface area (Å²) >= 11 is 5.58. The van der Waals surface area contributed by atoms with E-state index in [1.54, 1.807) is 0 Å². The molecule has 0 saturated carbocycles. The quantitative estimate of drug-likeness (QED) is 0.664. The summed E-state index contributed by atoms with van der Waals surface area (Å²) in [7, 11) is 0. The normalized spacial score (nSPS) is 10.9. The van der Waals surface area contributed by atoms with E-state index in [0.717, 1.165) is 12.1 Å². The number of halogens is 4. The molecule has 1 aromatic carbocycles. The maximum absolute atomic E-state index is 11.9. The van der Waals surface area contributed by atoms with E-state index in [9.17, 15) is 28.1 Å². The number of carbonyl (C=O) groups excluding carboxylic acids is 1. The second kappa shape index (κ2) is 5.74. The van der Waals surface area contributed by atoms with Gasteiger partial charge < -0.3 is 10.6 Å². The van der Waals surface area contributed by atoms with Gasteiger partial charge in [0.15, 0.2) is 0 Å². The SMILES string of the molecule is O=C(NCC(F)(F)F)Nc1cc(Cl)ccc1[N+](=O)[O-]. The van der Waals surface area contributed by atoms with E-state index >= 15 is 0 Å². The van der Waals surface area contributed by atoms with Gasteiger partial charge in [0.05, 0.1) is 4.92 Å². The van der Waals surface area contributed by atoms with Crippen molar-refractivity contribution in [2.45, 2.75) is 6.18 Å². The number of benzene rings is 1. The van der Waals surface area contributed by atoms with E-state index in [-0.39, 0.29) is 10.7 Å². The molecule has 0 saturated heterocycles. The number of nitrogens with one attached hydrogen (secondary N) is 2. The van der Waals surface area contributed by atoms with Crippen LogP contribution in [0, 0.1) is 10.1 Å². The molecule has 0 aliphatic rings. The summed E-state index contributed by atoms with van der Waals surface area (Å²) in [6.07, 6.45) is -4.57. The largest absolute Gasteiger partial charge is 0.405 e. The lowest BCUT2D eigenvalue weighted by atomic mass is 10.2. The summed E-state index contributed by atoms with van der Waals surface area (Å²) in [5, 5.41) is 14.2. The van der Waals surface area contributed by atoms with Gasteiger partial charge in [0.2, 0.25) is 0 Å². The van der Waals surface area contributed by atoms with E-state index in [4.69, 9.17) is 11.6 Å². The van der Waals surface area contributed by atoms with E-state index in [2.05, 4.69) is 0 Å². The first-order valence-corrected chi connectivity index (χ1v) is 5.12. The van der Waals surface area contributed by atoms with E-state index in [0.29, 0.717) is 0 Å². The Kier molecular flexibility index (Phi) is 4.54. The summed E-state index contributed by atoms with van der Waals surface area (Å²) in [5.74, 6) is 0. The fourth-order valence-electron chi connectivity index (χ4n) is 1.11. The van der Waals surface area contributed by atoms with Gasteiger partial charge in [-0.1, -0.05) is 11.6 Å². The molecule has 0 bridgehead atoms. The van der Waals surface area contributed by atoms with Gasteiger partial charge in [-0.25, -0.2) is 4.79 Å². The van der Waals surface area contributed by atoms with Crippen LogP contribution < -0.4 is 10.6 Å². The Morgan fingerprint density at radius 1 is 1.42 bits per heavy atom. The molecule has 0 aliphatic carbocycles. The molecule has 104 valence electrons. The predicted octanol–water partition coefficient (Wildman–Crippen LogP) is 2.93. The van der Waals surface area contributed by atoms with Crippen molar-refractivity contribution in [2.75, 3.05) is 11.9 Å². The standard InChI is InChI=1S/C9H7ClF3N3O3/c10-5-1-2-7(16(18)19)6(3-5)15-8(17)14-4-9(11,12)13/h1-3H,4H2,(H2,14,15,17). The van der Waals surface area contributed by atoms with E-state index < -0.39 is 29.4 Å². The molecule has 0 spiro atoms. The Balaban J connectivity index is 2.78. The summed E-state index contributed by atoms with van der Waals surface area (Å²) in [6.45, 7) is -1.55. The fraction of sp³-hybridized carbons (Fsp3) is 0.222. The Bertz CT molecular complexity index is 507. The smallest absolute Gasteiger partial charge is 0.329 e. The molecule has 10 heteroatoms. The number of urea groups is 1. The monoisotopic (exact) mass is 297 g/mol. The highest BCUT2D eigenvalue weighted by Gasteiger charge is 2.28. The van der Waals surface area contributed by atoms with Crippen LogP contribution in [-0.4, -0.2) is 23.7 Å². The van der Waals surface area contributed by atoms with Gasteiger partial charge in [0, 0.05) is 11.1 Å². The molecule has 0 aliphatic heterocycles. The van der Waals surface area contributed by atoms with Crippen LogP contribution in [0.4, 0.5) is 29.3 Å². The third kappa shape index (κ3) is 5.00. The van der Waals surface area contributed by atoms with Gasteiger partial charge in [-0.2, -0.15) is 13.2 Å². The molecule has 0 heterocycles. The van der Waals surface area contributed by atoms with Crippen LogP contribution in [0.1, 0.15) is 0 Å². The number of hydrogen-bond acceptors (Lipinski definition) is 3. The Labute approximate surface area is 109 Å². The van der Waals surface area contributed by atoms with Gasteiger partial charge >= 0.3 is 12.2 Å². The lowest BCUT2D eigenvalue weighted by molar-refractivity contribution is -0.383. The molecule has 0 atom stereocenters. The van der Waals surface area contributed by atoms with Crippen molar-refractivity contribution >= 4 is 29.0 Å². The fourth-order valence-corrected chi connectivity index (χ4v) is 1.29. The molecular formula is C9H7ClF3N3O3. The van der Waals surface area contributed by atoms with Crippen LogP contribution in [0.2, 0.25) is 5.02 Å². The number of anilines is 1. The average molecular weight is 298 g/mol. The van der Waals surface area contributed by atoms with E-state index in [1.165, 1.54) is 11.4 Å². The maximum Gasteiger partial charge on any atom is 0.405 e. The lowest BCUT2D eigenvalue weighted by Crippen LogP contribution is -2.36. The van der Waals surface area contributed by atoms with Crippen molar-refractivity contribution in [3.8, 4) is 0 Å². The minimum absolute atomic E-state index is 0.0942. The third-order valence-electron chi connectivity index (χ3n) is 1.85. The lowest BCUT2D eigenvalue weighted by Gasteiger charge is -2.10. The molecule has 0 unspecified atom stereocenters. The van der Waals surface area contributed by atoms with Crippen LogP contribution in [0.5, 0.6) is 0 Å². The molecule has 2 N–H and O–H groups in total. The highest BCUT2D eigenvalue weighted by Crippen LogP contribution is 2.27. The molecule has 0 radical (unpaired) electrons. The van der Waals surface area contributed by atoms with E-state index in [1.807, 2.05) is 5.32 Å². The topological polar surface area (TPSA) is 84.3 Å². The zero-order valence-electron chi connectivity index (χ0n) is 9.12. The van der Waals surface area contributed by atoms with Gasteiger partial charge in [0.1, 0.15) is 12.2 Å². The molecule has 1 aromatic rings. The minimum atomic E-state index is -4.57. The van der Waals surface area contributed by atoms with Crippen molar-refractivity contribution in [2.24, 2.45) is 0 Å².